The molecule has 224 valence electrons. The lowest BCUT2D eigenvalue weighted by Gasteiger charge is -2.09. The molecule has 48 heavy (non-hydrogen) atoms. The van der Waals surface area contributed by atoms with Crippen LogP contribution in [0.25, 0.3) is 97.8 Å². The van der Waals surface area contributed by atoms with Crippen LogP contribution in [-0.2, 0) is 0 Å². The van der Waals surface area contributed by atoms with Crippen molar-refractivity contribution in [2.24, 2.45) is 0 Å². The maximum atomic E-state index is 6.22. The Labute approximate surface area is 280 Å². The standard InChI is InChI=1S/C44H26N2OS/c1-2-10-27(11-3-1)34-18-8-20-36-37-21-9-19-35(43(37)48-42(34)36)31-15-6-13-29(24-31)30-14-7-16-32(25-30)38-26-45-41-40-33-17-5-4-12-28(33)22-23-39(40)47-44(41)46-38/h1-26H. The molecule has 0 spiro atoms. The summed E-state index contributed by atoms with van der Waals surface area (Å²) in [4.78, 5) is 9.81. The molecule has 7 aromatic carbocycles. The number of hydrogen-bond acceptors (Lipinski definition) is 4. The van der Waals surface area contributed by atoms with Gasteiger partial charge < -0.3 is 4.42 Å². The summed E-state index contributed by atoms with van der Waals surface area (Å²) in [5.41, 5.74) is 11.2. The van der Waals surface area contributed by atoms with E-state index in [1.54, 1.807) is 0 Å². The highest BCUT2D eigenvalue weighted by atomic mass is 32.1. The smallest absolute Gasteiger partial charge is 0.246 e. The number of aromatic nitrogens is 2. The molecule has 0 fully saturated rings. The predicted molar refractivity (Wildman–Crippen MR) is 201 cm³/mol. The van der Waals surface area contributed by atoms with E-state index >= 15 is 0 Å². The number of benzene rings is 7. The van der Waals surface area contributed by atoms with Crippen LogP contribution < -0.4 is 0 Å². The fraction of sp³-hybridized carbons (Fsp3) is 0. The molecular weight excluding hydrogens is 605 g/mol. The summed E-state index contributed by atoms with van der Waals surface area (Å²) in [6.45, 7) is 0. The molecule has 0 aliphatic rings. The van der Waals surface area contributed by atoms with Gasteiger partial charge in [0.05, 0.1) is 17.3 Å². The zero-order valence-electron chi connectivity index (χ0n) is 25.7. The first-order valence-corrected chi connectivity index (χ1v) is 16.9. The van der Waals surface area contributed by atoms with Gasteiger partial charge in [-0.15, -0.1) is 11.3 Å². The molecule has 0 unspecified atom stereocenters. The number of hydrogen-bond donors (Lipinski definition) is 0. The van der Waals surface area contributed by atoms with E-state index in [1.165, 1.54) is 42.4 Å². The van der Waals surface area contributed by atoms with Crippen LogP contribution in [0.4, 0.5) is 0 Å². The lowest BCUT2D eigenvalue weighted by atomic mass is 9.96. The summed E-state index contributed by atoms with van der Waals surface area (Å²) < 4.78 is 8.85. The van der Waals surface area contributed by atoms with E-state index in [1.807, 2.05) is 29.7 Å². The Morgan fingerprint density at radius 2 is 1.08 bits per heavy atom. The Bertz CT molecular complexity index is 2850. The second kappa shape index (κ2) is 10.7. The quantitative estimate of drug-likeness (QED) is 0.194. The van der Waals surface area contributed by atoms with Crippen LogP contribution in [0.5, 0.6) is 0 Å². The molecule has 0 bridgehead atoms. The van der Waals surface area contributed by atoms with Gasteiger partial charge in [0.25, 0.3) is 0 Å². The molecule has 3 nitrogen and oxygen atoms in total. The van der Waals surface area contributed by atoms with Crippen molar-refractivity contribution < 1.29 is 4.42 Å². The van der Waals surface area contributed by atoms with Gasteiger partial charge in [0.2, 0.25) is 5.71 Å². The topological polar surface area (TPSA) is 38.9 Å². The van der Waals surface area contributed by atoms with E-state index in [2.05, 4.69) is 140 Å². The van der Waals surface area contributed by atoms with Crippen LogP contribution >= 0.6 is 11.3 Å². The highest BCUT2D eigenvalue weighted by molar-refractivity contribution is 7.26. The van der Waals surface area contributed by atoms with Crippen LogP contribution in [0.1, 0.15) is 0 Å². The molecule has 10 aromatic rings. The Hall–Kier alpha value is -6.10. The highest BCUT2D eigenvalue weighted by Crippen LogP contribution is 2.44. The van der Waals surface area contributed by atoms with Gasteiger partial charge >= 0.3 is 0 Å². The Morgan fingerprint density at radius 3 is 1.88 bits per heavy atom. The summed E-state index contributed by atoms with van der Waals surface area (Å²) in [7, 11) is 0. The molecular formula is C44H26N2OS. The molecule has 10 rings (SSSR count). The van der Waals surface area contributed by atoms with Gasteiger partial charge in [0.1, 0.15) is 11.1 Å². The number of nitrogens with zero attached hydrogens (tertiary/aromatic N) is 2. The third-order valence-electron chi connectivity index (χ3n) is 9.35. The van der Waals surface area contributed by atoms with Crippen molar-refractivity contribution in [3.05, 3.63) is 158 Å². The maximum absolute atomic E-state index is 6.22. The lowest BCUT2D eigenvalue weighted by molar-refractivity contribution is 0.654. The van der Waals surface area contributed by atoms with Gasteiger partial charge in [0.15, 0.2) is 0 Å². The molecule has 3 heterocycles. The first kappa shape index (κ1) is 27.1. The van der Waals surface area contributed by atoms with Gasteiger partial charge in [-0.05, 0) is 62.4 Å². The second-order valence-electron chi connectivity index (χ2n) is 12.2. The molecule has 0 aliphatic carbocycles. The molecule has 0 aliphatic heterocycles. The van der Waals surface area contributed by atoms with Crippen molar-refractivity contribution in [1.29, 1.82) is 0 Å². The van der Waals surface area contributed by atoms with Crippen LogP contribution in [0, 0.1) is 0 Å². The van der Waals surface area contributed by atoms with E-state index in [0.717, 1.165) is 49.6 Å². The SMILES string of the molecule is c1ccc(-c2cccc3c2sc2c(-c4cccc(-c5cccc(-c6cnc7c(n6)oc6ccc8ccccc8c67)c5)c4)cccc23)cc1. The zero-order valence-corrected chi connectivity index (χ0v) is 26.5. The fourth-order valence-corrected chi connectivity index (χ4v) is 8.43. The minimum atomic E-state index is 0.554. The summed E-state index contributed by atoms with van der Waals surface area (Å²) in [6.07, 6.45) is 1.86. The number of rotatable bonds is 4. The van der Waals surface area contributed by atoms with E-state index in [9.17, 15) is 0 Å². The van der Waals surface area contributed by atoms with Gasteiger partial charge in [-0.2, -0.15) is 0 Å². The van der Waals surface area contributed by atoms with Crippen molar-refractivity contribution >= 4 is 64.5 Å². The maximum Gasteiger partial charge on any atom is 0.246 e. The number of fused-ring (bicyclic) bond motifs is 8. The minimum Gasteiger partial charge on any atom is -0.436 e. The minimum absolute atomic E-state index is 0.554. The molecule has 0 saturated carbocycles. The molecule has 0 atom stereocenters. The van der Waals surface area contributed by atoms with Gasteiger partial charge in [-0.1, -0.05) is 133 Å². The van der Waals surface area contributed by atoms with Gasteiger partial charge in [-0.25, -0.2) is 9.97 Å². The molecule has 3 aromatic heterocycles. The largest absolute Gasteiger partial charge is 0.436 e. The second-order valence-corrected chi connectivity index (χ2v) is 13.2. The van der Waals surface area contributed by atoms with Crippen LogP contribution in [0.3, 0.4) is 0 Å². The molecule has 0 saturated heterocycles. The Morgan fingerprint density at radius 1 is 0.479 bits per heavy atom. The molecule has 0 amide bonds. The average Bonchev–Trinajstić information content (AvgIpc) is 3.74. The molecule has 0 N–H and O–H groups in total. The van der Waals surface area contributed by atoms with Crippen molar-refractivity contribution in [3.8, 4) is 44.6 Å². The Kier molecular flexibility index (Phi) is 6.05. The predicted octanol–water partition coefficient (Wildman–Crippen LogP) is 12.6. The highest BCUT2D eigenvalue weighted by Gasteiger charge is 2.16. The molecule has 0 radical (unpaired) electrons. The summed E-state index contributed by atoms with van der Waals surface area (Å²) in [6, 6.07) is 53.8. The van der Waals surface area contributed by atoms with Crippen molar-refractivity contribution in [2.45, 2.75) is 0 Å². The molecule has 4 heteroatoms. The third-order valence-corrected chi connectivity index (χ3v) is 10.6. The first-order chi connectivity index (χ1) is 23.8. The van der Waals surface area contributed by atoms with E-state index in [4.69, 9.17) is 14.4 Å². The lowest BCUT2D eigenvalue weighted by Crippen LogP contribution is -1.88. The summed E-state index contributed by atoms with van der Waals surface area (Å²) in [5.74, 6) is 0. The van der Waals surface area contributed by atoms with E-state index in [0.29, 0.717) is 5.71 Å². The average molecular weight is 631 g/mol. The van der Waals surface area contributed by atoms with Crippen LogP contribution in [0.15, 0.2) is 162 Å². The summed E-state index contributed by atoms with van der Waals surface area (Å²) >= 11 is 1.88. The number of thiophene rings is 1. The van der Waals surface area contributed by atoms with E-state index in [-0.39, 0.29) is 0 Å². The van der Waals surface area contributed by atoms with Gasteiger partial charge in [0, 0.05) is 25.7 Å². The fourth-order valence-electron chi connectivity index (χ4n) is 7.06. The number of furan rings is 1. The van der Waals surface area contributed by atoms with Gasteiger partial charge in [-0.3, -0.25) is 0 Å². The van der Waals surface area contributed by atoms with Crippen molar-refractivity contribution in [3.63, 3.8) is 0 Å². The summed E-state index contributed by atoms with van der Waals surface area (Å²) in [5, 5.41) is 5.90. The monoisotopic (exact) mass is 630 g/mol. The van der Waals surface area contributed by atoms with Crippen molar-refractivity contribution in [2.75, 3.05) is 0 Å². The van der Waals surface area contributed by atoms with Crippen molar-refractivity contribution in [1.82, 2.24) is 9.97 Å². The normalized spacial score (nSPS) is 11.8. The van der Waals surface area contributed by atoms with Crippen LogP contribution in [-0.4, -0.2) is 9.97 Å². The third kappa shape index (κ3) is 4.27. The Balaban J connectivity index is 1.05. The van der Waals surface area contributed by atoms with Crippen LogP contribution in [0.2, 0.25) is 0 Å². The first-order valence-electron chi connectivity index (χ1n) is 16.1. The van der Waals surface area contributed by atoms with E-state index < -0.39 is 0 Å². The zero-order chi connectivity index (χ0) is 31.6.